The zero-order chi connectivity index (χ0) is 11.5. The van der Waals surface area contributed by atoms with Crippen molar-refractivity contribution in [1.29, 1.82) is 0 Å². The van der Waals surface area contributed by atoms with Crippen molar-refractivity contribution in [2.75, 3.05) is 6.54 Å². The summed E-state index contributed by atoms with van der Waals surface area (Å²) in [6.45, 7) is 5.62. The standard InChI is InChI=1S/C14H20ClN/c1-3-16-14-9-8-13(10(14)2)11-4-6-12(15)7-5-11/h4-7,10,13-14,16H,3,8-9H2,1-2H3. The van der Waals surface area contributed by atoms with Crippen molar-refractivity contribution >= 4 is 11.6 Å². The largest absolute Gasteiger partial charge is 0.314 e. The van der Waals surface area contributed by atoms with Crippen LogP contribution in [0.5, 0.6) is 0 Å². The van der Waals surface area contributed by atoms with Gasteiger partial charge in [0.05, 0.1) is 0 Å². The molecule has 1 aromatic rings. The Balaban J connectivity index is 2.08. The van der Waals surface area contributed by atoms with Crippen molar-refractivity contribution in [3.63, 3.8) is 0 Å². The SMILES string of the molecule is CCNC1CCC(c2ccc(Cl)cc2)C1C. The monoisotopic (exact) mass is 237 g/mol. The van der Waals surface area contributed by atoms with E-state index in [1.807, 2.05) is 12.1 Å². The minimum Gasteiger partial charge on any atom is -0.314 e. The highest BCUT2D eigenvalue weighted by Crippen LogP contribution is 2.39. The van der Waals surface area contributed by atoms with Crippen LogP contribution in [-0.4, -0.2) is 12.6 Å². The van der Waals surface area contributed by atoms with Crippen molar-refractivity contribution in [3.8, 4) is 0 Å². The summed E-state index contributed by atoms with van der Waals surface area (Å²) in [5.41, 5.74) is 1.44. The van der Waals surface area contributed by atoms with Gasteiger partial charge in [-0.05, 0) is 48.9 Å². The van der Waals surface area contributed by atoms with Crippen molar-refractivity contribution in [2.24, 2.45) is 5.92 Å². The molecule has 88 valence electrons. The Morgan fingerprint density at radius 1 is 1.25 bits per heavy atom. The Morgan fingerprint density at radius 2 is 1.94 bits per heavy atom. The van der Waals surface area contributed by atoms with E-state index in [-0.39, 0.29) is 0 Å². The first-order valence-corrected chi connectivity index (χ1v) is 6.59. The van der Waals surface area contributed by atoms with Crippen LogP contribution < -0.4 is 5.32 Å². The summed E-state index contributed by atoms with van der Waals surface area (Å²) in [7, 11) is 0. The summed E-state index contributed by atoms with van der Waals surface area (Å²) in [4.78, 5) is 0. The predicted molar refractivity (Wildman–Crippen MR) is 70.1 cm³/mol. The molecule has 1 aliphatic carbocycles. The van der Waals surface area contributed by atoms with Gasteiger partial charge in [0.2, 0.25) is 0 Å². The highest BCUT2D eigenvalue weighted by atomic mass is 35.5. The zero-order valence-corrected chi connectivity index (χ0v) is 10.8. The number of nitrogens with one attached hydrogen (secondary N) is 1. The van der Waals surface area contributed by atoms with E-state index in [0.717, 1.165) is 17.5 Å². The van der Waals surface area contributed by atoms with Crippen molar-refractivity contribution in [3.05, 3.63) is 34.9 Å². The summed E-state index contributed by atoms with van der Waals surface area (Å²) in [6, 6.07) is 9.05. The smallest absolute Gasteiger partial charge is 0.0406 e. The molecule has 1 nitrogen and oxygen atoms in total. The molecule has 3 atom stereocenters. The molecule has 1 aliphatic rings. The van der Waals surface area contributed by atoms with Gasteiger partial charge in [-0.3, -0.25) is 0 Å². The van der Waals surface area contributed by atoms with Crippen LogP contribution in [0.25, 0.3) is 0 Å². The third kappa shape index (κ3) is 2.41. The molecule has 0 heterocycles. The van der Waals surface area contributed by atoms with Gasteiger partial charge in [0.15, 0.2) is 0 Å². The lowest BCUT2D eigenvalue weighted by molar-refractivity contribution is 0.412. The molecule has 0 bridgehead atoms. The fourth-order valence-electron chi connectivity index (χ4n) is 2.90. The molecule has 1 N–H and O–H groups in total. The lowest BCUT2D eigenvalue weighted by Crippen LogP contribution is -2.32. The molecule has 2 heteroatoms. The summed E-state index contributed by atoms with van der Waals surface area (Å²) in [6.07, 6.45) is 2.59. The Hall–Kier alpha value is -0.530. The zero-order valence-electron chi connectivity index (χ0n) is 10.0. The molecule has 0 radical (unpaired) electrons. The van der Waals surface area contributed by atoms with Gasteiger partial charge in [-0.15, -0.1) is 0 Å². The number of rotatable bonds is 3. The molecule has 0 spiro atoms. The molecule has 0 saturated heterocycles. The lowest BCUT2D eigenvalue weighted by atomic mass is 9.89. The molecule has 0 amide bonds. The van der Waals surface area contributed by atoms with Gasteiger partial charge in [-0.2, -0.15) is 0 Å². The van der Waals surface area contributed by atoms with Crippen LogP contribution in [0, 0.1) is 5.92 Å². The van der Waals surface area contributed by atoms with Crippen LogP contribution in [0.3, 0.4) is 0 Å². The van der Waals surface area contributed by atoms with E-state index >= 15 is 0 Å². The second-order valence-corrected chi connectivity index (χ2v) is 5.20. The maximum absolute atomic E-state index is 5.92. The van der Waals surface area contributed by atoms with Crippen LogP contribution in [0.2, 0.25) is 5.02 Å². The van der Waals surface area contributed by atoms with Gasteiger partial charge < -0.3 is 5.32 Å². The third-order valence-electron chi connectivity index (χ3n) is 3.82. The van der Waals surface area contributed by atoms with E-state index in [0.29, 0.717) is 12.0 Å². The molecule has 16 heavy (non-hydrogen) atoms. The first kappa shape index (κ1) is 11.9. The highest BCUT2D eigenvalue weighted by Gasteiger charge is 2.32. The maximum Gasteiger partial charge on any atom is 0.0406 e. The summed E-state index contributed by atoms with van der Waals surface area (Å²) in [5, 5.41) is 4.41. The normalized spacial score (nSPS) is 29.6. The van der Waals surface area contributed by atoms with Crippen molar-refractivity contribution in [1.82, 2.24) is 5.32 Å². The number of hydrogen-bond acceptors (Lipinski definition) is 1. The Labute approximate surface area is 103 Å². The minimum absolute atomic E-state index is 0.686. The second kappa shape index (κ2) is 5.20. The van der Waals surface area contributed by atoms with Gasteiger partial charge in [0.1, 0.15) is 0 Å². The van der Waals surface area contributed by atoms with E-state index in [4.69, 9.17) is 11.6 Å². The van der Waals surface area contributed by atoms with E-state index in [1.54, 1.807) is 0 Å². The Bertz CT molecular complexity index is 333. The lowest BCUT2D eigenvalue weighted by Gasteiger charge is -2.21. The van der Waals surface area contributed by atoms with E-state index < -0.39 is 0 Å². The van der Waals surface area contributed by atoms with Crippen molar-refractivity contribution in [2.45, 2.75) is 38.6 Å². The van der Waals surface area contributed by atoms with Crippen molar-refractivity contribution < 1.29 is 0 Å². The van der Waals surface area contributed by atoms with E-state index in [1.165, 1.54) is 18.4 Å². The predicted octanol–water partition coefficient (Wildman–Crippen LogP) is 3.83. The molecule has 1 saturated carbocycles. The van der Waals surface area contributed by atoms with Crippen LogP contribution in [0.15, 0.2) is 24.3 Å². The highest BCUT2D eigenvalue weighted by molar-refractivity contribution is 6.30. The topological polar surface area (TPSA) is 12.0 Å². The molecule has 1 aromatic carbocycles. The third-order valence-corrected chi connectivity index (χ3v) is 4.07. The fourth-order valence-corrected chi connectivity index (χ4v) is 3.02. The second-order valence-electron chi connectivity index (χ2n) is 4.76. The van der Waals surface area contributed by atoms with Crippen LogP contribution in [0.4, 0.5) is 0 Å². The molecule has 2 rings (SSSR count). The first-order chi connectivity index (χ1) is 7.72. The summed E-state index contributed by atoms with van der Waals surface area (Å²) >= 11 is 5.92. The number of benzene rings is 1. The molecule has 0 aromatic heterocycles. The van der Waals surface area contributed by atoms with Crippen LogP contribution in [-0.2, 0) is 0 Å². The molecular formula is C14H20ClN. The van der Waals surface area contributed by atoms with E-state index in [9.17, 15) is 0 Å². The van der Waals surface area contributed by atoms with Gasteiger partial charge >= 0.3 is 0 Å². The quantitative estimate of drug-likeness (QED) is 0.843. The minimum atomic E-state index is 0.686. The Kier molecular flexibility index (Phi) is 3.88. The molecule has 0 aliphatic heterocycles. The Morgan fingerprint density at radius 3 is 2.56 bits per heavy atom. The first-order valence-electron chi connectivity index (χ1n) is 6.21. The van der Waals surface area contributed by atoms with Gasteiger partial charge in [0, 0.05) is 11.1 Å². The average molecular weight is 238 g/mol. The number of hydrogen-bond donors (Lipinski definition) is 1. The van der Waals surface area contributed by atoms with Gasteiger partial charge in [-0.25, -0.2) is 0 Å². The summed E-state index contributed by atoms with van der Waals surface area (Å²) in [5.74, 6) is 1.42. The average Bonchev–Trinajstić information content (AvgIpc) is 2.63. The molecule has 3 unspecified atom stereocenters. The van der Waals surface area contributed by atoms with E-state index in [2.05, 4.69) is 31.3 Å². The summed E-state index contributed by atoms with van der Waals surface area (Å²) < 4.78 is 0. The maximum atomic E-state index is 5.92. The van der Waals surface area contributed by atoms with Crippen LogP contribution in [0.1, 0.15) is 38.2 Å². The van der Waals surface area contributed by atoms with Crippen LogP contribution >= 0.6 is 11.6 Å². The molecule has 1 fully saturated rings. The van der Waals surface area contributed by atoms with Gasteiger partial charge in [0.25, 0.3) is 0 Å². The molecular weight excluding hydrogens is 218 g/mol. The van der Waals surface area contributed by atoms with Gasteiger partial charge in [-0.1, -0.05) is 37.6 Å². The number of halogens is 1. The fraction of sp³-hybridized carbons (Fsp3) is 0.571.